The molecule has 0 aromatic carbocycles. The Labute approximate surface area is 178 Å². The number of carbonyl (C=O) groups excluding carboxylic acids is 1. The Kier molecular flexibility index (Phi) is 6.88. The van der Waals surface area contributed by atoms with Gasteiger partial charge in [-0.15, -0.1) is 4.80 Å². The van der Waals surface area contributed by atoms with E-state index in [2.05, 4.69) is 20.2 Å². The van der Waals surface area contributed by atoms with E-state index in [1.165, 1.54) is 16.9 Å². The lowest BCUT2D eigenvalue weighted by Crippen LogP contribution is -2.42. The molecule has 10 heteroatoms. The summed E-state index contributed by atoms with van der Waals surface area (Å²) < 4.78 is 32.2. The average Bonchev–Trinajstić information content (AvgIpc) is 3.27. The normalized spacial score (nSPS) is 12.4. The molecule has 0 unspecified atom stereocenters. The zero-order valence-corrected chi connectivity index (χ0v) is 17.6. The quantitative estimate of drug-likeness (QED) is 0.519. The topological polar surface area (TPSA) is 86.0 Å². The molecule has 0 bridgehead atoms. The van der Waals surface area contributed by atoms with E-state index in [0.717, 1.165) is 13.1 Å². The van der Waals surface area contributed by atoms with Gasteiger partial charge in [-0.25, -0.2) is 18.7 Å². The minimum absolute atomic E-state index is 0.103. The van der Waals surface area contributed by atoms with Crippen LogP contribution in [0.2, 0.25) is 0 Å². The number of alkyl halides is 2. The summed E-state index contributed by atoms with van der Waals surface area (Å²) in [7, 11) is 0. The molecule has 0 spiro atoms. The summed E-state index contributed by atoms with van der Waals surface area (Å²) in [6.45, 7) is 5.20. The van der Waals surface area contributed by atoms with Crippen molar-refractivity contribution in [2.75, 3.05) is 13.2 Å². The van der Waals surface area contributed by atoms with Crippen LogP contribution in [0.4, 0.5) is 8.78 Å². The number of nitrogens with zero attached hydrogens (tertiary/aromatic N) is 6. The van der Waals surface area contributed by atoms with Gasteiger partial charge in [-0.3, -0.25) is 4.79 Å². The largest absolute Gasteiger partial charge is 0.475 e. The molecule has 1 amide bonds. The van der Waals surface area contributed by atoms with Gasteiger partial charge >= 0.3 is 0 Å². The zero-order chi connectivity index (χ0) is 22.4. The Morgan fingerprint density at radius 2 is 1.94 bits per heavy atom. The van der Waals surface area contributed by atoms with Crippen molar-refractivity contribution < 1.29 is 18.3 Å². The molecular formula is C21H24F2N6O2. The van der Waals surface area contributed by atoms with Crippen LogP contribution < -0.4 is 4.74 Å². The summed E-state index contributed by atoms with van der Waals surface area (Å²) in [6.07, 6.45) is 5.92. The Bertz CT molecular complexity index is 990. The molecule has 0 aliphatic heterocycles. The van der Waals surface area contributed by atoms with Crippen molar-refractivity contribution in [2.45, 2.75) is 39.2 Å². The molecule has 0 N–H and O–H groups in total. The zero-order valence-electron chi connectivity index (χ0n) is 17.6. The molecular weight excluding hydrogens is 406 g/mol. The fourth-order valence-corrected chi connectivity index (χ4v) is 3.09. The SMILES string of the molecule is CCN(C(=O)Cc1cccnc1-n1nccn1)[C@@H](C)COc1ccc(C(C)(F)F)cn1. The highest BCUT2D eigenvalue weighted by atomic mass is 19.3. The molecule has 3 aromatic heterocycles. The van der Waals surface area contributed by atoms with Crippen molar-refractivity contribution in [2.24, 2.45) is 0 Å². The number of rotatable bonds is 9. The molecule has 8 nitrogen and oxygen atoms in total. The van der Waals surface area contributed by atoms with Gasteiger partial charge in [-0.1, -0.05) is 6.07 Å². The third-order valence-corrected chi connectivity index (χ3v) is 4.73. The number of likely N-dealkylation sites (N-methyl/N-ethyl adjacent to an activating group) is 1. The summed E-state index contributed by atoms with van der Waals surface area (Å²) in [6, 6.07) is 6.00. The summed E-state index contributed by atoms with van der Waals surface area (Å²) in [4.78, 5) is 24.2. The van der Waals surface area contributed by atoms with Crippen LogP contribution in [0.5, 0.6) is 5.88 Å². The van der Waals surface area contributed by atoms with Gasteiger partial charge in [0, 0.05) is 43.1 Å². The standard InChI is InChI=1S/C21H24F2N6O2/c1-4-28(15(2)14-31-18-8-7-17(13-25-18)21(3,22)23)19(30)12-16-6-5-9-24-20(16)29-26-10-11-27-29/h5-11,13,15H,4,12,14H2,1-3H3/t15-/m0/s1. The fourth-order valence-electron chi connectivity index (χ4n) is 3.09. The molecule has 0 saturated carbocycles. The average molecular weight is 430 g/mol. The second-order valence-electron chi connectivity index (χ2n) is 7.09. The van der Waals surface area contributed by atoms with Crippen LogP contribution in [0, 0.1) is 0 Å². The first-order valence-electron chi connectivity index (χ1n) is 9.86. The summed E-state index contributed by atoms with van der Waals surface area (Å²) >= 11 is 0. The molecule has 0 aliphatic carbocycles. The van der Waals surface area contributed by atoms with E-state index in [4.69, 9.17) is 4.74 Å². The first kappa shape index (κ1) is 22.3. The van der Waals surface area contributed by atoms with E-state index in [-0.39, 0.29) is 36.4 Å². The molecule has 3 heterocycles. The maximum absolute atomic E-state index is 13.3. The van der Waals surface area contributed by atoms with Crippen LogP contribution in [0.1, 0.15) is 31.9 Å². The van der Waals surface area contributed by atoms with Crippen LogP contribution in [-0.2, 0) is 17.1 Å². The predicted octanol–water partition coefficient (Wildman–Crippen LogP) is 3.03. The monoisotopic (exact) mass is 430 g/mol. The Morgan fingerprint density at radius 3 is 2.55 bits per heavy atom. The van der Waals surface area contributed by atoms with Gasteiger partial charge in [0.15, 0.2) is 5.82 Å². The predicted molar refractivity (Wildman–Crippen MR) is 109 cm³/mol. The first-order chi connectivity index (χ1) is 14.8. The maximum Gasteiger partial charge on any atom is 0.272 e. The number of ether oxygens (including phenoxy) is 1. The van der Waals surface area contributed by atoms with Crippen molar-refractivity contribution in [1.82, 2.24) is 29.9 Å². The van der Waals surface area contributed by atoms with E-state index in [1.54, 1.807) is 29.6 Å². The minimum atomic E-state index is -2.96. The van der Waals surface area contributed by atoms with E-state index in [0.29, 0.717) is 17.9 Å². The lowest BCUT2D eigenvalue weighted by Gasteiger charge is -2.28. The summed E-state index contributed by atoms with van der Waals surface area (Å²) in [5, 5.41) is 8.17. The van der Waals surface area contributed by atoms with Gasteiger partial charge < -0.3 is 9.64 Å². The number of aromatic nitrogens is 5. The minimum Gasteiger partial charge on any atom is -0.475 e. The second kappa shape index (κ2) is 9.59. The van der Waals surface area contributed by atoms with Crippen molar-refractivity contribution in [3.05, 3.63) is 60.2 Å². The summed E-state index contributed by atoms with van der Waals surface area (Å²) in [5.74, 6) is -2.34. The highest BCUT2D eigenvalue weighted by Crippen LogP contribution is 2.27. The molecule has 0 radical (unpaired) electrons. The molecule has 1 atom stereocenters. The van der Waals surface area contributed by atoms with E-state index >= 15 is 0 Å². The number of hydrogen-bond acceptors (Lipinski definition) is 6. The van der Waals surface area contributed by atoms with E-state index < -0.39 is 5.92 Å². The van der Waals surface area contributed by atoms with Gasteiger partial charge in [-0.2, -0.15) is 10.2 Å². The lowest BCUT2D eigenvalue weighted by atomic mass is 10.1. The van der Waals surface area contributed by atoms with Gasteiger partial charge in [0.1, 0.15) is 6.61 Å². The first-order valence-corrected chi connectivity index (χ1v) is 9.86. The smallest absolute Gasteiger partial charge is 0.272 e. The van der Waals surface area contributed by atoms with E-state index in [1.807, 2.05) is 19.9 Å². The molecule has 0 saturated heterocycles. The lowest BCUT2D eigenvalue weighted by molar-refractivity contribution is -0.132. The molecule has 0 fully saturated rings. The summed E-state index contributed by atoms with van der Waals surface area (Å²) in [5.41, 5.74) is 0.519. The van der Waals surface area contributed by atoms with Gasteiger partial charge in [0.25, 0.3) is 5.92 Å². The van der Waals surface area contributed by atoms with Gasteiger partial charge in [0.05, 0.1) is 24.9 Å². The van der Waals surface area contributed by atoms with Gasteiger partial charge in [0.2, 0.25) is 11.8 Å². The molecule has 3 aromatic rings. The Balaban J connectivity index is 1.63. The molecule has 0 aliphatic rings. The van der Waals surface area contributed by atoms with E-state index in [9.17, 15) is 13.6 Å². The van der Waals surface area contributed by atoms with Crippen LogP contribution in [0.15, 0.2) is 49.1 Å². The third kappa shape index (κ3) is 5.59. The Morgan fingerprint density at radius 1 is 1.19 bits per heavy atom. The highest BCUT2D eigenvalue weighted by molar-refractivity contribution is 5.79. The van der Waals surface area contributed by atoms with Crippen LogP contribution in [0.3, 0.4) is 0 Å². The molecule has 3 rings (SSSR count). The van der Waals surface area contributed by atoms with Crippen molar-refractivity contribution in [3.8, 4) is 11.7 Å². The fraction of sp³-hybridized carbons (Fsp3) is 0.381. The Hall–Kier alpha value is -3.43. The number of hydrogen-bond donors (Lipinski definition) is 0. The van der Waals surface area contributed by atoms with Crippen LogP contribution >= 0.6 is 0 Å². The highest BCUT2D eigenvalue weighted by Gasteiger charge is 2.25. The number of pyridine rings is 2. The third-order valence-electron chi connectivity index (χ3n) is 4.73. The van der Waals surface area contributed by atoms with Crippen molar-refractivity contribution >= 4 is 5.91 Å². The molecule has 164 valence electrons. The van der Waals surface area contributed by atoms with Crippen LogP contribution in [-0.4, -0.2) is 55.0 Å². The van der Waals surface area contributed by atoms with Crippen LogP contribution in [0.25, 0.3) is 5.82 Å². The van der Waals surface area contributed by atoms with Gasteiger partial charge in [-0.05, 0) is 26.0 Å². The number of amides is 1. The number of carbonyl (C=O) groups is 1. The van der Waals surface area contributed by atoms with Crippen molar-refractivity contribution in [3.63, 3.8) is 0 Å². The molecule has 31 heavy (non-hydrogen) atoms. The maximum atomic E-state index is 13.3. The second-order valence-corrected chi connectivity index (χ2v) is 7.09. The number of halogens is 2. The van der Waals surface area contributed by atoms with Crippen molar-refractivity contribution in [1.29, 1.82) is 0 Å².